The normalized spacial score (nSPS) is 10.8. The minimum absolute atomic E-state index is 0.158. The molecular formula is C36H50N6O8. The van der Waals surface area contributed by atoms with E-state index in [9.17, 15) is 28.8 Å². The molecule has 4 N–H and O–H groups in total. The number of hydrogen-bond acceptors (Lipinski definition) is 8. The van der Waals surface area contributed by atoms with Gasteiger partial charge in [-0.1, -0.05) is 64.1 Å². The summed E-state index contributed by atoms with van der Waals surface area (Å²) in [6, 6.07) is 14.1. The standard InChI is InChI=1S/C36H50N6O8/c1-7-29(8-2)41(33(45)21-37-35(47)49-5)23-31(43)39-27-17-13-25(14-18-27)11-12-26-15-19-28(20-16-26)40-32(44)24-42(30(9-3)10-4)34(46)22-38-36(48)50-6/h11-20,29-30H,7-10,21-24H2,1-6H3,(H,37,47)(H,38,48)(H,39,43)(H,40,44)/b12-11+. The summed E-state index contributed by atoms with van der Waals surface area (Å²) in [7, 11) is 2.42. The van der Waals surface area contributed by atoms with E-state index in [4.69, 9.17) is 0 Å². The number of carbonyl (C=O) groups is 6. The smallest absolute Gasteiger partial charge is 0.407 e. The molecule has 0 aromatic heterocycles. The highest BCUT2D eigenvalue weighted by Gasteiger charge is 2.25. The second kappa shape index (κ2) is 21.5. The summed E-state index contributed by atoms with van der Waals surface area (Å²) in [4.78, 5) is 77.0. The average molecular weight is 695 g/mol. The van der Waals surface area contributed by atoms with E-state index < -0.39 is 12.2 Å². The lowest BCUT2D eigenvalue weighted by molar-refractivity contribution is -0.136. The Kier molecular flexibility index (Phi) is 17.6. The number of anilines is 2. The third-order valence-electron chi connectivity index (χ3n) is 8.03. The first kappa shape index (κ1) is 40.8. The van der Waals surface area contributed by atoms with Crippen molar-refractivity contribution in [2.45, 2.75) is 65.5 Å². The van der Waals surface area contributed by atoms with Crippen LogP contribution in [0.4, 0.5) is 21.0 Å². The molecule has 0 unspecified atom stereocenters. The number of hydrogen-bond donors (Lipinski definition) is 4. The summed E-state index contributed by atoms with van der Waals surface area (Å²) < 4.78 is 9.05. The third-order valence-corrected chi connectivity index (χ3v) is 8.03. The number of ether oxygens (including phenoxy) is 2. The Hall–Kier alpha value is -5.40. The lowest BCUT2D eigenvalue weighted by Gasteiger charge is -2.30. The molecule has 2 aromatic carbocycles. The van der Waals surface area contributed by atoms with Crippen LogP contribution in [-0.4, -0.2) is 98.1 Å². The Labute approximate surface area is 293 Å². The van der Waals surface area contributed by atoms with Crippen LogP contribution < -0.4 is 21.3 Å². The largest absolute Gasteiger partial charge is 0.453 e. The third kappa shape index (κ3) is 13.6. The number of methoxy groups -OCH3 is 2. The molecule has 0 heterocycles. The Morgan fingerprint density at radius 2 is 0.900 bits per heavy atom. The van der Waals surface area contributed by atoms with E-state index in [0.717, 1.165) is 11.1 Å². The molecule has 0 aliphatic rings. The van der Waals surface area contributed by atoms with Gasteiger partial charge in [0.2, 0.25) is 23.6 Å². The zero-order valence-corrected chi connectivity index (χ0v) is 29.7. The summed E-state index contributed by atoms with van der Waals surface area (Å²) in [5, 5.41) is 10.4. The van der Waals surface area contributed by atoms with Crippen LogP contribution in [0.3, 0.4) is 0 Å². The van der Waals surface area contributed by atoms with Crippen molar-refractivity contribution in [2.24, 2.45) is 0 Å². The van der Waals surface area contributed by atoms with Crippen LogP contribution in [0.2, 0.25) is 0 Å². The number of nitrogens with zero attached hydrogens (tertiary/aromatic N) is 2. The van der Waals surface area contributed by atoms with Gasteiger partial charge in [-0.25, -0.2) is 9.59 Å². The summed E-state index contributed by atoms with van der Waals surface area (Å²) in [5.41, 5.74) is 2.91. The van der Waals surface area contributed by atoms with E-state index in [0.29, 0.717) is 37.1 Å². The number of alkyl carbamates (subject to hydrolysis) is 2. The van der Waals surface area contributed by atoms with Crippen molar-refractivity contribution in [1.82, 2.24) is 20.4 Å². The van der Waals surface area contributed by atoms with Crippen LogP contribution in [0, 0.1) is 0 Å². The number of carbonyl (C=O) groups excluding carboxylic acids is 6. The maximum Gasteiger partial charge on any atom is 0.407 e. The topological polar surface area (TPSA) is 175 Å². The summed E-state index contributed by atoms with van der Waals surface area (Å²) >= 11 is 0. The monoisotopic (exact) mass is 694 g/mol. The van der Waals surface area contributed by atoms with Crippen molar-refractivity contribution in [2.75, 3.05) is 51.0 Å². The second-order valence-electron chi connectivity index (χ2n) is 11.3. The van der Waals surface area contributed by atoms with Crippen molar-refractivity contribution in [3.05, 3.63) is 59.7 Å². The highest BCUT2D eigenvalue weighted by molar-refractivity contribution is 5.96. The first-order valence-corrected chi connectivity index (χ1v) is 16.7. The SMILES string of the molecule is CCC(CC)N(CC(=O)Nc1ccc(/C=C/c2ccc(NC(=O)CN(C(=O)CNC(=O)OC)C(CC)CC)cc2)cc1)C(=O)CNC(=O)OC. The minimum atomic E-state index is -0.720. The van der Waals surface area contributed by atoms with Crippen molar-refractivity contribution in [3.63, 3.8) is 0 Å². The molecule has 14 nitrogen and oxygen atoms in total. The predicted octanol–water partition coefficient (Wildman–Crippen LogP) is 4.48. The van der Waals surface area contributed by atoms with Gasteiger partial charge in [-0.15, -0.1) is 0 Å². The molecule has 0 aliphatic heterocycles. The van der Waals surface area contributed by atoms with Gasteiger partial charge in [0.1, 0.15) is 26.2 Å². The highest BCUT2D eigenvalue weighted by Crippen LogP contribution is 2.17. The molecule has 2 rings (SSSR count). The van der Waals surface area contributed by atoms with Gasteiger partial charge < -0.3 is 40.5 Å². The Morgan fingerprint density at radius 1 is 0.580 bits per heavy atom. The molecule has 0 fully saturated rings. The van der Waals surface area contributed by atoms with Crippen molar-refractivity contribution < 1.29 is 38.2 Å². The second-order valence-corrected chi connectivity index (χ2v) is 11.3. The van der Waals surface area contributed by atoms with E-state index in [1.54, 1.807) is 24.3 Å². The van der Waals surface area contributed by atoms with Crippen molar-refractivity contribution in [1.29, 1.82) is 0 Å². The summed E-state index contributed by atoms with van der Waals surface area (Å²) in [6.07, 6.45) is 5.00. The molecule has 0 aliphatic carbocycles. The molecule has 0 radical (unpaired) electrons. The van der Waals surface area contributed by atoms with Gasteiger partial charge in [0, 0.05) is 23.5 Å². The molecule has 2 aromatic rings. The molecule has 0 spiro atoms. The average Bonchev–Trinajstić information content (AvgIpc) is 3.12. The molecule has 0 saturated heterocycles. The van der Waals surface area contributed by atoms with Gasteiger partial charge in [0.25, 0.3) is 0 Å². The molecule has 14 heteroatoms. The Morgan fingerprint density at radius 3 is 1.18 bits per heavy atom. The quantitative estimate of drug-likeness (QED) is 0.165. The van der Waals surface area contributed by atoms with Crippen LogP contribution in [0.1, 0.15) is 64.5 Å². The zero-order chi connectivity index (χ0) is 37.1. The summed E-state index contributed by atoms with van der Waals surface area (Å²) in [5.74, 6) is -1.47. The fourth-order valence-electron chi connectivity index (χ4n) is 5.20. The van der Waals surface area contributed by atoms with E-state index in [-0.39, 0.29) is 61.9 Å². The maximum atomic E-state index is 12.9. The van der Waals surface area contributed by atoms with E-state index in [1.807, 2.05) is 64.1 Å². The first-order valence-electron chi connectivity index (χ1n) is 16.7. The van der Waals surface area contributed by atoms with E-state index in [1.165, 1.54) is 24.0 Å². The van der Waals surface area contributed by atoms with E-state index >= 15 is 0 Å². The minimum Gasteiger partial charge on any atom is -0.453 e. The number of nitrogens with one attached hydrogen (secondary N) is 4. The van der Waals surface area contributed by atoms with Gasteiger partial charge in [0.05, 0.1) is 14.2 Å². The lowest BCUT2D eigenvalue weighted by atomic mass is 10.1. The molecule has 0 bridgehead atoms. The first-order chi connectivity index (χ1) is 24.0. The molecule has 50 heavy (non-hydrogen) atoms. The van der Waals surface area contributed by atoms with E-state index in [2.05, 4.69) is 30.7 Å². The molecular weight excluding hydrogens is 644 g/mol. The lowest BCUT2D eigenvalue weighted by Crippen LogP contribution is -2.48. The van der Waals surface area contributed by atoms with Crippen LogP contribution in [0.25, 0.3) is 12.2 Å². The van der Waals surface area contributed by atoms with Gasteiger partial charge >= 0.3 is 12.2 Å². The molecule has 0 atom stereocenters. The maximum absolute atomic E-state index is 12.9. The Balaban J connectivity index is 1.97. The highest BCUT2D eigenvalue weighted by atomic mass is 16.5. The number of amides is 6. The van der Waals surface area contributed by atoms with Crippen molar-refractivity contribution in [3.8, 4) is 0 Å². The van der Waals surface area contributed by atoms with Gasteiger partial charge in [0.15, 0.2) is 0 Å². The molecule has 272 valence electrons. The predicted molar refractivity (Wildman–Crippen MR) is 192 cm³/mol. The van der Waals surface area contributed by atoms with Crippen LogP contribution >= 0.6 is 0 Å². The van der Waals surface area contributed by atoms with Gasteiger partial charge in [-0.3, -0.25) is 19.2 Å². The molecule has 0 saturated carbocycles. The number of rotatable bonds is 18. The Bertz CT molecular complexity index is 1340. The van der Waals surface area contributed by atoms with Crippen molar-refractivity contribution >= 4 is 59.3 Å². The fraction of sp³-hybridized carbons (Fsp3) is 0.444. The van der Waals surface area contributed by atoms with Crippen LogP contribution in [0.5, 0.6) is 0 Å². The fourth-order valence-corrected chi connectivity index (χ4v) is 5.20. The van der Waals surface area contributed by atoms with Gasteiger partial charge in [-0.2, -0.15) is 0 Å². The number of benzene rings is 2. The zero-order valence-electron chi connectivity index (χ0n) is 29.7. The van der Waals surface area contributed by atoms with Gasteiger partial charge in [-0.05, 0) is 61.1 Å². The van der Waals surface area contributed by atoms with Crippen LogP contribution in [-0.2, 0) is 28.7 Å². The van der Waals surface area contributed by atoms with Crippen LogP contribution in [0.15, 0.2) is 48.5 Å². The molecule has 6 amide bonds. The summed E-state index contributed by atoms with van der Waals surface area (Å²) in [6.45, 7) is 6.88.